The molecule has 0 bridgehead atoms. The van der Waals surface area contributed by atoms with Gasteiger partial charge in [-0.2, -0.15) is 0 Å². The van der Waals surface area contributed by atoms with Gasteiger partial charge in [0.2, 0.25) is 0 Å². The van der Waals surface area contributed by atoms with Crippen molar-refractivity contribution in [2.24, 2.45) is 0 Å². The number of aromatic hydroxyl groups is 2. The van der Waals surface area contributed by atoms with Crippen molar-refractivity contribution < 1.29 is 24.9 Å². The number of phenols is 2. The molecule has 1 rings (SSSR count). The van der Waals surface area contributed by atoms with Crippen molar-refractivity contribution in [3.63, 3.8) is 0 Å². The normalized spacial score (nSPS) is 11.4. The van der Waals surface area contributed by atoms with Crippen LogP contribution < -0.4 is 5.32 Å². The van der Waals surface area contributed by atoms with Gasteiger partial charge in [-0.1, -0.05) is 0 Å². The van der Waals surface area contributed by atoms with E-state index in [-0.39, 0.29) is 35.8 Å². The average Bonchev–Trinajstić information content (AvgIpc) is 2.42. The van der Waals surface area contributed by atoms with E-state index in [2.05, 4.69) is 5.32 Å². The van der Waals surface area contributed by atoms with Gasteiger partial charge < -0.3 is 25.4 Å². The molecule has 0 saturated heterocycles. The summed E-state index contributed by atoms with van der Waals surface area (Å²) in [7, 11) is 0. The lowest BCUT2D eigenvalue weighted by molar-refractivity contribution is 0.0496. The number of ether oxygens (including phenoxy) is 1. The maximum atomic E-state index is 11.9. The highest BCUT2D eigenvalue weighted by atomic mass is 16.5. The fourth-order valence-corrected chi connectivity index (χ4v) is 1.70. The number of rotatable bonds is 7. The second kappa shape index (κ2) is 7.28. The molecule has 4 N–H and O–H groups in total. The smallest absolute Gasteiger partial charge is 0.338 e. The lowest BCUT2D eigenvalue weighted by Gasteiger charge is -2.23. The van der Waals surface area contributed by atoms with Gasteiger partial charge in [-0.15, -0.1) is 0 Å². The quantitative estimate of drug-likeness (QED) is 0.344. The van der Waals surface area contributed by atoms with Crippen molar-refractivity contribution in [1.29, 1.82) is 0 Å². The third-order valence-corrected chi connectivity index (χ3v) is 3.09. The van der Waals surface area contributed by atoms with Crippen LogP contribution in [0.5, 0.6) is 11.5 Å². The van der Waals surface area contributed by atoms with E-state index in [0.29, 0.717) is 18.5 Å². The minimum atomic E-state index is -0.538. The molecule has 1 aromatic rings. The highest BCUT2D eigenvalue weighted by molar-refractivity contribution is 5.91. The van der Waals surface area contributed by atoms with Crippen molar-refractivity contribution in [2.75, 3.05) is 19.8 Å². The molecule has 118 valence electrons. The molecule has 1 aromatic carbocycles. The molecule has 6 nitrogen and oxygen atoms in total. The van der Waals surface area contributed by atoms with Crippen molar-refractivity contribution in [3.8, 4) is 11.5 Å². The molecule has 0 radical (unpaired) electrons. The van der Waals surface area contributed by atoms with E-state index in [4.69, 9.17) is 9.84 Å². The van der Waals surface area contributed by atoms with Crippen LogP contribution in [0.25, 0.3) is 0 Å². The number of carbonyl (C=O) groups excluding carboxylic acids is 1. The molecular formula is C15H23NO5. The summed E-state index contributed by atoms with van der Waals surface area (Å²) in [6.45, 7) is 6.28. The lowest BCUT2D eigenvalue weighted by Crippen LogP contribution is -2.43. The number of hydrogen-bond acceptors (Lipinski definition) is 6. The highest BCUT2D eigenvalue weighted by Gasteiger charge is 2.16. The summed E-state index contributed by atoms with van der Waals surface area (Å²) in [6, 6.07) is 2.51. The van der Waals surface area contributed by atoms with Crippen LogP contribution in [0.2, 0.25) is 0 Å². The third kappa shape index (κ3) is 5.24. The topological polar surface area (TPSA) is 99.0 Å². The van der Waals surface area contributed by atoms with E-state index in [1.165, 1.54) is 12.1 Å². The van der Waals surface area contributed by atoms with Gasteiger partial charge in [0.1, 0.15) is 0 Å². The summed E-state index contributed by atoms with van der Waals surface area (Å²) >= 11 is 0. The van der Waals surface area contributed by atoms with Gasteiger partial charge in [-0.25, -0.2) is 4.79 Å². The second-order valence-corrected chi connectivity index (χ2v) is 5.61. The monoisotopic (exact) mass is 297 g/mol. The van der Waals surface area contributed by atoms with Crippen LogP contribution in [0.15, 0.2) is 12.1 Å². The Bertz CT molecular complexity index is 499. The molecule has 0 saturated carbocycles. The Kier molecular flexibility index (Phi) is 5.99. The van der Waals surface area contributed by atoms with Crippen LogP contribution in [-0.4, -0.2) is 46.6 Å². The standard InChI is InChI=1S/C15H23NO5/c1-10-7-12(18)13(19)8-11(10)14(20)21-6-4-5-16-15(2,3)9-17/h7-8,16-19H,4-6,9H2,1-3H3. The summed E-state index contributed by atoms with van der Waals surface area (Å²) in [5, 5.41) is 30.9. The number of aliphatic hydroxyl groups excluding tert-OH is 1. The Morgan fingerprint density at radius 2 is 1.90 bits per heavy atom. The summed E-state index contributed by atoms with van der Waals surface area (Å²) in [4.78, 5) is 11.9. The van der Waals surface area contributed by atoms with E-state index in [1.54, 1.807) is 6.92 Å². The Morgan fingerprint density at radius 3 is 2.52 bits per heavy atom. The van der Waals surface area contributed by atoms with Gasteiger partial charge in [-0.05, 0) is 51.4 Å². The first-order valence-corrected chi connectivity index (χ1v) is 6.82. The number of aryl methyl sites for hydroxylation is 1. The fourth-order valence-electron chi connectivity index (χ4n) is 1.70. The first-order chi connectivity index (χ1) is 9.76. The Balaban J connectivity index is 2.43. The van der Waals surface area contributed by atoms with E-state index in [0.717, 1.165) is 0 Å². The van der Waals surface area contributed by atoms with Crippen LogP contribution >= 0.6 is 0 Å². The Morgan fingerprint density at radius 1 is 1.29 bits per heavy atom. The van der Waals surface area contributed by atoms with Gasteiger partial charge in [-0.3, -0.25) is 0 Å². The fraction of sp³-hybridized carbons (Fsp3) is 0.533. The molecule has 0 aliphatic rings. The number of nitrogens with one attached hydrogen (secondary N) is 1. The van der Waals surface area contributed by atoms with E-state index < -0.39 is 5.97 Å². The Hall–Kier alpha value is -1.79. The molecule has 0 amide bonds. The average molecular weight is 297 g/mol. The van der Waals surface area contributed by atoms with Crippen molar-refractivity contribution in [3.05, 3.63) is 23.3 Å². The molecular weight excluding hydrogens is 274 g/mol. The number of phenolic OH excluding ortho intramolecular Hbond substituents is 2. The molecule has 0 aliphatic carbocycles. The number of benzene rings is 1. The molecule has 21 heavy (non-hydrogen) atoms. The predicted octanol–water partition coefficient (Wildman–Crippen LogP) is 1.31. The maximum Gasteiger partial charge on any atom is 0.338 e. The minimum absolute atomic E-state index is 0.0266. The van der Waals surface area contributed by atoms with E-state index >= 15 is 0 Å². The summed E-state index contributed by atoms with van der Waals surface area (Å²) in [5.74, 6) is -1.15. The van der Waals surface area contributed by atoms with Gasteiger partial charge in [0.05, 0.1) is 18.8 Å². The largest absolute Gasteiger partial charge is 0.504 e. The molecule has 0 heterocycles. The summed E-state index contributed by atoms with van der Waals surface area (Å²) < 4.78 is 5.12. The molecule has 0 aromatic heterocycles. The zero-order chi connectivity index (χ0) is 16.0. The van der Waals surface area contributed by atoms with Crippen molar-refractivity contribution in [2.45, 2.75) is 32.7 Å². The SMILES string of the molecule is Cc1cc(O)c(O)cc1C(=O)OCCCNC(C)(C)CO. The summed E-state index contributed by atoms with van der Waals surface area (Å²) in [5.41, 5.74) is 0.410. The van der Waals surface area contributed by atoms with Crippen LogP contribution in [0.1, 0.15) is 36.2 Å². The number of esters is 1. The van der Waals surface area contributed by atoms with Gasteiger partial charge >= 0.3 is 5.97 Å². The molecule has 6 heteroatoms. The van der Waals surface area contributed by atoms with E-state index in [1.807, 2.05) is 13.8 Å². The lowest BCUT2D eigenvalue weighted by atomic mass is 10.1. The molecule has 0 atom stereocenters. The van der Waals surface area contributed by atoms with Gasteiger partial charge in [0.25, 0.3) is 0 Å². The number of carbonyl (C=O) groups is 1. The minimum Gasteiger partial charge on any atom is -0.504 e. The molecule has 0 unspecified atom stereocenters. The van der Waals surface area contributed by atoms with Crippen LogP contribution in [0.3, 0.4) is 0 Å². The zero-order valence-electron chi connectivity index (χ0n) is 12.6. The second-order valence-electron chi connectivity index (χ2n) is 5.61. The third-order valence-electron chi connectivity index (χ3n) is 3.09. The van der Waals surface area contributed by atoms with Crippen LogP contribution in [0, 0.1) is 6.92 Å². The first kappa shape index (κ1) is 17.3. The summed E-state index contributed by atoms with van der Waals surface area (Å²) in [6.07, 6.45) is 0.609. The van der Waals surface area contributed by atoms with Crippen LogP contribution in [0.4, 0.5) is 0 Å². The van der Waals surface area contributed by atoms with Gasteiger partial charge in [0, 0.05) is 5.54 Å². The van der Waals surface area contributed by atoms with Crippen LogP contribution in [-0.2, 0) is 4.74 Å². The highest BCUT2D eigenvalue weighted by Crippen LogP contribution is 2.28. The molecule has 0 spiro atoms. The zero-order valence-corrected chi connectivity index (χ0v) is 12.6. The maximum absolute atomic E-state index is 11.9. The predicted molar refractivity (Wildman–Crippen MR) is 78.6 cm³/mol. The first-order valence-electron chi connectivity index (χ1n) is 6.82. The van der Waals surface area contributed by atoms with Crippen molar-refractivity contribution in [1.82, 2.24) is 5.32 Å². The van der Waals surface area contributed by atoms with Gasteiger partial charge in [0.15, 0.2) is 11.5 Å². The molecule has 0 aliphatic heterocycles. The van der Waals surface area contributed by atoms with E-state index in [9.17, 15) is 15.0 Å². The molecule has 0 fully saturated rings. The number of hydrogen-bond donors (Lipinski definition) is 4. The number of aliphatic hydroxyl groups is 1. The Labute approximate surface area is 124 Å². The van der Waals surface area contributed by atoms with Crippen molar-refractivity contribution >= 4 is 5.97 Å².